The van der Waals surface area contributed by atoms with Crippen molar-refractivity contribution in [3.8, 4) is 0 Å². The second-order valence-electron chi connectivity index (χ2n) is 7.44. The van der Waals surface area contributed by atoms with Crippen LogP contribution in [-0.4, -0.2) is 73.1 Å². The Morgan fingerprint density at radius 1 is 1.07 bits per heavy atom. The van der Waals surface area contributed by atoms with Crippen molar-refractivity contribution in [1.29, 1.82) is 0 Å². The van der Waals surface area contributed by atoms with Crippen LogP contribution < -0.4 is 0 Å². The molecule has 1 aromatic carbocycles. The van der Waals surface area contributed by atoms with E-state index in [9.17, 15) is 31.2 Å². The number of hydrogen-bond donors (Lipinski definition) is 0. The van der Waals surface area contributed by atoms with Crippen molar-refractivity contribution in [3.63, 3.8) is 0 Å². The minimum Gasteiger partial charge on any atom is -0.340 e. The highest BCUT2D eigenvalue weighted by Gasteiger charge is 2.39. The molecule has 0 radical (unpaired) electrons. The molecule has 11 heteroatoms. The number of halogens is 3. The van der Waals surface area contributed by atoms with Crippen LogP contribution in [0.2, 0.25) is 0 Å². The molecule has 0 bridgehead atoms. The first kappa shape index (κ1) is 21.6. The van der Waals surface area contributed by atoms with Crippen LogP contribution in [0.5, 0.6) is 0 Å². The van der Waals surface area contributed by atoms with Gasteiger partial charge in [0, 0.05) is 45.2 Å². The van der Waals surface area contributed by atoms with E-state index in [1.165, 1.54) is 4.90 Å². The molecule has 1 aromatic rings. The quantitative estimate of drug-likeness (QED) is 0.669. The van der Waals surface area contributed by atoms with Crippen LogP contribution in [0.15, 0.2) is 17.0 Å². The molecule has 0 saturated carbocycles. The van der Waals surface area contributed by atoms with Crippen LogP contribution in [0.4, 0.5) is 13.2 Å². The molecule has 2 heterocycles. The molecule has 160 valence electrons. The Labute approximate surface area is 167 Å². The fourth-order valence-electron chi connectivity index (χ4n) is 3.65. The first-order valence-electron chi connectivity index (χ1n) is 9.26. The van der Waals surface area contributed by atoms with E-state index in [2.05, 4.69) is 0 Å². The molecular formula is C18H22F3N3O4S. The lowest BCUT2D eigenvalue weighted by Gasteiger charge is -2.35. The van der Waals surface area contributed by atoms with E-state index in [1.54, 1.807) is 4.90 Å². The van der Waals surface area contributed by atoms with Gasteiger partial charge < -0.3 is 9.80 Å². The first-order valence-corrected chi connectivity index (χ1v) is 10.7. The molecule has 2 aliphatic rings. The third-order valence-electron chi connectivity index (χ3n) is 5.30. The van der Waals surface area contributed by atoms with Crippen LogP contribution in [0.25, 0.3) is 0 Å². The third kappa shape index (κ3) is 3.97. The number of amides is 2. The van der Waals surface area contributed by atoms with Crippen molar-refractivity contribution in [2.75, 3.05) is 32.7 Å². The van der Waals surface area contributed by atoms with Crippen LogP contribution in [0.3, 0.4) is 0 Å². The molecule has 0 aromatic heterocycles. The lowest BCUT2D eigenvalue weighted by atomic mass is 10.1. The molecule has 2 fully saturated rings. The van der Waals surface area contributed by atoms with Crippen LogP contribution >= 0.6 is 0 Å². The van der Waals surface area contributed by atoms with E-state index in [0.29, 0.717) is 18.7 Å². The second-order valence-corrected chi connectivity index (χ2v) is 9.35. The van der Waals surface area contributed by atoms with E-state index in [0.717, 1.165) is 4.31 Å². The number of carbonyl (C=O) groups excluding carboxylic acids is 2. The minimum absolute atomic E-state index is 0.00621. The zero-order chi connectivity index (χ0) is 21.5. The summed E-state index contributed by atoms with van der Waals surface area (Å²) in [5.74, 6) is -5.87. The third-order valence-corrected chi connectivity index (χ3v) is 7.22. The van der Waals surface area contributed by atoms with Crippen LogP contribution in [0, 0.1) is 23.4 Å². The Kier molecular flexibility index (Phi) is 5.91. The van der Waals surface area contributed by atoms with Crippen molar-refractivity contribution in [1.82, 2.24) is 14.1 Å². The van der Waals surface area contributed by atoms with E-state index >= 15 is 0 Å². The Morgan fingerprint density at radius 2 is 1.69 bits per heavy atom. The topological polar surface area (TPSA) is 78.0 Å². The molecule has 0 spiro atoms. The summed E-state index contributed by atoms with van der Waals surface area (Å²) in [5, 5.41) is 0. The summed E-state index contributed by atoms with van der Waals surface area (Å²) in [6, 6.07) is 1.24. The second kappa shape index (κ2) is 7.94. The maximum Gasteiger partial charge on any atom is 0.246 e. The molecule has 2 saturated heterocycles. The van der Waals surface area contributed by atoms with Gasteiger partial charge in [0.05, 0.1) is 5.92 Å². The summed E-state index contributed by atoms with van der Waals surface area (Å²) in [7, 11) is -4.38. The summed E-state index contributed by atoms with van der Waals surface area (Å²) in [6.07, 6.45) is 0.121. The van der Waals surface area contributed by atoms with Gasteiger partial charge in [-0.15, -0.1) is 0 Å². The highest BCUT2D eigenvalue weighted by molar-refractivity contribution is 7.89. The molecule has 0 aliphatic carbocycles. The van der Waals surface area contributed by atoms with Gasteiger partial charge in [0.1, 0.15) is 4.90 Å². The predicted octanol–water partition coefficient (Wildman–Crippen LogP) is 1.19. The number of sulfonamides is 1. The Morgan fingerprint density at radius 3 is 2.24 bits per heavy atom. The van der Waals surface area contributed by atoms with Crippen molar-refractivity contribution in [2.45, 2.75) is 31.2 Å². The van der Waals surface area contributed by atoms with Gasteiger partial charge in [-0.3, -0.25) is 9.59 Å². The van der Waals surface area contributed by atoms with Crippen molar-refractivity contribution in [2.24, 2.45) is 5.92 Å². The van der Waals surface area contributed by atoms with Crippen LogP contribution in [0.1, 0.15) is 20.3 Å². The SMILES string of the molecule is CC(C)N1CC(C(=O)N2CCN(S(=O)(=O)c3ccc(F)c(F)c3F)CC2)CC1=O. The average molecular weight is 433 g/mol. The largest absolute Gasteiger partial charge is 0.340 e. The van der Waals surface area contributed by atoms with Gasteiger partial charge in [-0.25, -0.2) is 21.6 Å². The van der Waals surface area contributed by atoms with Crippen molar-refractivity contribution < 1.29 is 31.2 Å². The lowest BCUT2D eigenvalue weighted by molar-refractivity contribution is -0.137. The smallest absolute Gasteiger partial charge is 0.246 e. The van der Waals surface area contributed by atoms with Crippen molar-refractivity contribution >= 4 is 21.8 Å². The number of hydrogen-bond acceptors (Lipinski definition) is 4. The predicted molar refractivity (Wildman–Crippen MR) is 96.6 cm³/mol. The molecular weight excluding hydrogens is 411 g/mol. The number of rotatable bonds is 4. The Bertz CT molecular complexity index is 931. The summed E-state index contributed by atoms with van der Waals surface area (Å²) < 4.78 is 66.6. The van der Waals surface area contributed by atoms with E-state index in [1.807, 2.05) is 13.8 Å². The number of nitrogens with zero attached hydrogens (tertiary/aromatic N) is 3. The van der Waals surface area contributed by atoms with Gasteiger partial charge in [-0.1, -0.05) is 0 Å². The molecule has 1 atom stereocenters. The fourth-order valence-corrected chi connectivity index (χ4v) is 5.13. The summed E-state index contributed by atoms with van der Waals surface area (Å²) in [6.45, 7) is 3.97. The number of piperazine rings is 1. The maximum atomic E-state index is 13.9. The molecule has 7 nitrogen and oxygen atoms in total. The zero-order valence-electron chi connectivity index (χ0n) is 16.1. The van der Waals surface area contributed by atoms with Gasteiger partial charge in [-0.05, 0) is 26.0 Å². The molecule has 29 heavy (non-hydrogen) atoms. The Hall–Kier alpha value is -2.14. The molecule has 1 unspecified atom stereocenters. The van der Waals surface area contributed by atoms with Gasteiger partial charge in [0.2, 0.25) is 21.8 Å². The average Bonchev–Trinajstić information content (AvgIpc) is 3.07. The van der Waals surface area contributed by atoms with E-state index in [4.69, 9.17) is 0 Å². The minimum atomic E-state index is -4.38. The fraction of sp³-hybridized carbons (Fsp3) is 0.556. The van der Waals surface area contributed by atoms with Crippen molar-refractivity contribution in [3.05, 3.63) is 29.6 Å². The van der Waals surface area contributed by atoms with Gasteiger partial charge in [0.15, 0.2) is 17.5 Å². The summed E-state index contributed by atoms with van der Waals surface area (Å²) in [4.78, 5) is 26.9. The summed E-state index contributed by atoms with van der Waals surface area (Å²) >= 11 is 0. The normalized spacial score (nSPS) is 21.3. The Balaban J connectivity index is 1.67. The van der Waals surface area contributed by atoms with Gasteiger partial charge in [-0.2, -0.15) is 4.31 Å². The highest BCUT2D eigenvalue weighted by atomic mass is 32.2. The standard InChI is InChI=1S/C18H22F3N3O4S/c1-11(2)24-10-12(9-15(24)25)18(26)22-5-7-23(8-6-22)29(27,28)14-4-3-13(19)16(20)17(14)21/h3-4,11-12H,5-10H2,1-2H3. The monoisotopic (exact) mass is 433 g/mol. The zero-order valence-corrected chi connectivity index (χ0v) is 16.9. The number of carbonyl (C=O) groups is 2. The first-order chi connectivity index (χ1) is 13.5. The summed E-state index contributed by atoms with van der Waals surface area (Å²) in [5.41, 5.74) is 0. The highest BCUT2D eigenvalue weighted by Crippen LogP contribution is 2.26. The number of likely N-dealkylation sites (tertiary alicyclic amines) is 1. The molecule has 3 rings (SSSR count). The van der Waals surface area contributed by atoms with Gasteiger partial charge in [0.25, 0.3) is 0 Å². The van der Waals surface area contributed by atoms with Crippen LogP contribution in [-0.2, 0) is 19.6 Å². The molecule has 0 N–H and O–H groups in total. The molecule has 2 aliphatic heterocycles. The maximum absolute atomic E-state index is 13.9. The van der Waals surface area contributed by atoms with E-state index < -0.39 is 38.3 Å². The van der Waals surface area contributed by atoms with E-state index in [-0.39, 0.29) is 50.5 Å². The molecule has 2 amide bonds. The number of benzene rings is 1. The van der Waals surface area contributed by atoms with Gasteiger partial charge >= 0.3 is 0 Å². The lowest BCUT2D eigenvalue weighted by Crippen LogP contribution is -2.52.